The minimum atomic E-state index is -1.16. The van der Waals surface area contributed by atoms with Crippen molar-refractivity contribution in [2.75, 3.05) is 6.54 Å². The molecule has 1 aliphatic carbocycles. The van der Waals surface area contributed by atoms with E-state index in [0.717, 1.165) is 29.7 Å². The number of carbonyl (C=O) groups is 3. The molecule has 1 aromatic rings. The molecule has 0 radical (unpaired) electrons. The number of hydrogen-bond acceptors (Lipinski definition) is 3. The third-order valence-electron chi connectivity index (χ3n) is 6.36. The predicted octanol–water partition coefficient (Wildman–Crippen LogP) is 3.45. The lowest BCUT2D eigenvalue weighted by Gasteiger charge is -2.30. The summed E-state index contributed by atoms with van der Waals surface area (Å²) in [7, 11) is 0. The van der Waals surface area contributed by atoms with Gasteiger partial charge in [0, 0.05) is 6.04 Å². The first-order valence-corrected chi connectivity index (χ1v) is 10.6. The summed E-state index contributed by atoms with van der Waals surface area (Å²) in [5.74, 6) is -0.250. The Morgan fingerprint density at radius 3 is 2.38 bits per heavy atom. The monoisotopic (exact) mass is 399 g/mol. The van der Waals surface area contributed by atoms with Crippen LogP contribution in [0.5, 0.6) is 0 Å². The van der Waals surface area contributed by atoms with Crippen LogP contribution >= 0.6 is 0 Å². The average Bonchev–Trinajstić information content (AvgIpc) is 2.87. The molecule has 4 amide bonds. The van der Waals surface area contributed by atoms with E-state index in [1.807, 2.05) is 24.3 Å². The van der Waals surface area contributed by atoms with Crippen molar-refractivity contribution in [3.8, 4) is 0 Å². The number of carbonyl (C=O) groups excluding carboxylic acids is 3. The van der Waals surface area contributed by atoms with E-state index >= 15 is 0 Å². The van der Waals surface area contributed by atoms with Gasteiger partial charge >= 0.3 is 6.03 Å². The van der Waals surface area contributed by atoms with E-state index in [1.54, 1.807) is 6.92 Å². The Labute approximate surface area is 173 Å². The zero-order chi connectivity index (χ0) is 21.4. The molecule has 1 aromatic carbocycles. The summed E-state index contributed by atoms with van der Waals surface area (Å²) >= 11 is 0. The van der Waals surface area contributed by atoms with Gasteiger partial charge in [-0.25, -0.2) is 4.79 Å². The highest BCUT2D eigenvalue weighted by Gasteiger charge is 2.49. The molecular weight excluding hydrogens is 366 g/mol. The van der Waals surface area contributed by atoms with E-state index in [2.05, 4.69) is 38.3 Å². The Kier molecular flexibility index (Phi) is 5.74. The summed E-state index contributed by atoms with van der Waals surface area (Å²) in [5, 5.41) is 5.79. The Hall–Kier alpha value is -2.37. The molecule has 2 N–H and O–H groups in total. The van der Waals surface area contributed by atoms with Gasteiger partial charge in [0.15, 0.2) is 0 Å². The van der Waals surface area contributed by atoms with Gasteiger partial charge in [-0.05, 0) is 42.2 Å². The van der Waals surface area contributed by atoms with Gasteiger partial charge in [-0.15, -0.1) is 0 Å². The smallest absolute Gasteiger partial charge is 0.325 e. The Bertz CT molecular complexity index is 797. The fourth-order valence-corrected chi connectivity index (χ4v) is 4.27. The van der Waals surface area contributed by atoms with E-state index in [4.69, 9.17) is 0 Å². The van der Waals surface area contributed by atoms with Crippen molar-refractivity contribution in [1.82, 2.24) is 15.5 Å². The number of nitrogens with one attached hydrogen (secondary N) is 2. The molecule has 1 aliphatic heterocycles. The summed E-state index contributed by atoms with van der Waals surface area (Å²) < 4.78 is 0. The zero-order valence-corrected chi connectivity index (χ0v) is 18.2. The summed E-state index contributed by atoms with van der Waals surface area (Å²) in [6, 6.07) is 7.33. The largest absolute Gasteiger partial charge is 0.352 e. The highest BCUT2D eigenvalue weighted by atomic mass is 16.2. The highest BCUT2D eigenvalue weighted by Crippen LogP contribution is 2.31. The maximum Gasteiger partial charge on any atom is 0.325 e. The third-order valence-corrected chi connectivity index (χ3v) is 6.36. The van der Waals surface area contributed by atoms with E-state index in [0.29, 0.717) is 11.5 Å². The molecular formula is C23H33N3O3. The second kappa shape index (κ2) is 7.81. The summed E-state index contributed by atoms with van der Waals surface area (Å²) in [6.45, 7) is 9.96. The van der Waals surface area contributed by atoms with Crippen LogP contribution < -0.4 is 10.6 Å². The van der Waals surface area contributed by atoms with E-state index in [9.17, 15) is 14.4 Å². The van der Waals surface area contributed by atoms with Gasteiger partial charge in [0.1, 0.15) is 12.1 Å². The Balaban J connectivity index is 1.70. The minimum absolute atomic E-state index is 0.00273. The molecule has 3 rings (SSSR count). The van der Waals surface area contributed by atoms with Crippen LogP contribution in [-0.2, 0) is 20.5 Å². The minimum Gasteiger partial charge on any atom is -0.352 e. The highest BCUT2D eigenvalue weighted by molar-refractivity contribution is 6.09. The Morgan fingerprint density at radius 1 is 1.17 bits per heavy atom. The van der Waals surface area contributed by atoms with Gasteiger partial charge in [0.2, 0.25) is 5.91 Å². The van der Waals surface area contributed by atoms with Crippen molar-refractivity contribution in [2.45, 2.75) is 77.3 Å². The number of imide groups is 1. The van der Waals surface area contributed by atoms with Crippen molar-refractivity contribution in [3.63, 3.8) is 0 Å². The van der Waals surface area contributed by atoms with Crippen LogP contribution in [0, 0.1) is 5.92 Å². The van der Waals surface area contributed by atoms with Gasteiger partial charge in [0.25, 0.3) is 5.91 Å². The first kappa shape index (κ1) is 21.3. The quantitative estimate of drug-likeness (QED) is 0.761. The molecule has 2 aliphatic rings. The summed E-state index contributed by atoms with van der Waals surface area (Å²) in [4.78, 5) is 39.1. The van der Waals surface area contributed by atoms with Crippen LogP contribution in [-0.4, -0.2) is 35.3 Å². The standard InChI is InChI=1S/C23H33N3O3/c1-15-8-6-7-9-18(15)24-19(27)14-26-20(28)23(5,25-21(26)29)17-12-10-16(11-13-17)22(2,3)4/h10-13,15,18H,6-9,14H2,1-5H3,(H,24,27)(H,25,29)/t15-,18-,23-/m1/s1. The normalized spacial score (nSPS) is 27.7. The van der Waals surface area contributed by atoms with Crippen LogP contribution in [0.1, 0.15) is 71.4 Å². The number of urea groups is 1. The maximum absolute atomic E-state index is 13.1. The van der Waals surface area contributed by atoms with Crippen LogP contribution in [0.15, 0.2) is 24.3 Å². The number of nitrogens with zero attached hydrogens (tertiary/aromatic N) is 1. The molecule has 1 saturated carbocycles. The Morgan fingerprint density at radius 2 is 1.79 bits per heavy atom. The lowest BCUT2D eigenvalue weighted by Crippen LogP contribution is -2.47. The molecule has 1 saturated heterocycles. The van der Waals surface area contributed by atoms with E-state index in [-0.39, 0.29) is 23.9 Å². The van der Waals surface area contributed by atoms with Gasteiger partial charge < -0.3 is 10.6 Å². The van der Waals surface area contributed by atoms with E-state index in [1.165, 1.54) is 6.42 Å². The summed E-state index contributed by atoms with van der Waals surface area (Å²) in [6.07, 6.45) is 4.33. The fourth-order valence-electron chi connectivity index (χ4n) is 4.27. The molecule has 0 aromatic heterocycles. The first-order valence-electron chi connectivity index (χ1n) is 10.6. The van der Waals surface area contributed by atoms with Gasteiger partial charge in [-0.2, -0.15) is 0 Å². The topological polar surface area (TPSA) is 78.5 Å². The van der Waals surface area contributed by atoms with Crippen LogP contribution in [0.2, 0.25) is 0 Å². The molecule has 0 bridgehead atoms. The molecule has 0 spiro atoms. The summed E-state index contributed by atoms with van der Waals surface area (Å²) in [5.41, 5.74) is 0.710. The number of rotatable bonds is 4. The van der Waals surface area contributed by atoms with E-state index < -0.39 is 17.5 Å². The number of amides is 4. The van der Waals surface area contributed by atoms with Crippen molar-refractivity contribution in [2.24, 2.45) is 5.92 Å². The maximum atomic E-state index is 13.1. The fraction of sp³-hybridized carbons (Fsp3) is 0.609. The number of benzene rings is 1. The molecule has 6 nitrogen and oxygen atoms in total. The second-order valence-electron chi connectivity index (χ2n) is 9.71. The molecule has 2 fully saturated rings. The third kappa shape index (κ3) is 4.31. The van der Waals surface area contributed by atoms with Crippen LogP contribution in [0.4, 0.5) is 4.79 Å². The van der Waals surface area contributed by atoms with Crippen molar-refractivity contribution in [3.05, 3.63) is 35.4 Å². The van der Waals surface area contributed by atoms with Crippen LogP contribution in [0.3, 0.4) is 0 Å². The van der Waals surface area contributed by atoms with Crippen LogP contribution in [0.25, 0.3) is 0 Å². The van der Waals surface area contributed by atoms with Gasteiger partial charge in [-0.1, -0.05) is 64.8 Å². The SMILES string of the molecule is C[C@@H]1CCCC[C@H]1NC(=O)CN1C(=O)N[C@](C)(c2ccc(C(C)(C)C)cc2)C1=O. The lowest BCUT2D eigenvalue weighted by atomic mass is 9.84. The predicted molar refractivity (Wildman–Crippen MR) is 112 cm³/mol. The lowest BCUT2D eigenvalue weighted by molar-refractivity contribution is -0.135. The molecule has 3 atom stereocenters. The zero-order valence-electron chi connectivity index (χ0n) is 18.2. The second-order valence-corrected chi connectivity index (χ2v) is 9.71. The van der Waals surface area contributed by atoms with Crippen molar-refractivity contribution >= 4 is 17.8 Å². The van der Waals surface area contributed by atoms with Gasteiger partial charge in [0.05, 0.1) is 0 Å². The van der Waals surface area contributed by atoms with Gasteiger partial charge in [-0.3, -0.25) is 14.5 Å². The molecule has 0 unspecified atom stereocenters. The molecule has 6 heteroatoms. The number of hydrogen-bond donors (Lipinski definition) is 2. The first-order chi connectivity index (χ1) is 13.5. The molecule has 29 heavy (non-hydrogen) atoms. The molecule has 158 valence electrons. The average molecular weight is 400 g/mol. The molecule has 1 heterocycles. The van der Waals surface area contributed by atoms with Crippen molar-refractivity contribution < 1.29 is 14.4 Å². The van der Waals surface area contributed by atoms with Crippen molar-refractivity contribution in [1.29, 1.82) is 0 Å².